The predicted molar refractivity (Wildman–Crippen MR) is 100 cm³/mol. The SMILES string of the molecule is Cc1ccc(NC(=O)CN(C)CC(=O)Nc2ccccc2Br)cc1. The van der Waals surface area contributed by atoms with Crippen LogP contribution in [0.25, 0.3) is 0 Å². The molecule has 0 spiro atoms. The highest BCUT2D eigenvalue weighted by Gasteiger charge is 2.12. The predicted octanol–water partition coefficient (Wildman–Crippen LogP) is 3.27. The van der Waals surface area contributed by atoms with Gasteiger partial charge in [-0.2, -0.15) is 0 Å². The molecule has 2 amide bonds. The smallest absolute Gasteiger partial charge is 0.238 e. The largest absolute Gasteiger partial charge is 0.325 e. The first-order valence-corrected chi connectivity index (χ1v) is 8.33. The van der Waals surface area contributed by atoms with Crippen LogP contribution in [0.2, 0.25) is 0 Å². The first-order valence-electron chi connectivity index (χ1n) is 7.53. The topological polar surface area (TPSA) is 61.4 Å². The van der Waals surface area contributed by atoms with E-state index in [4.69, 9.17) is 0 Å². The Labute approximate surface area is 150 Å². The van der Waals surface area contributed by atoms with Gasteiger partial charge in [-0.15, -0.1) is 0 Å². The summed E-state index contributed by atoms with van der Waals surface area (Å²) in [6.45, 7) is 2.25. The lowest BCUT2D eigenvalue weighted by Gasteiger charge is -2.16. The molecular formula is C18H20BrN3O2. The third-order valence-electron chi connectivity index (χ3n) is 3.31. The van der Waals surface area contributed by atoms with E-state index >= 15 is 0 Å². The van der Waals surface area contributed by atoms with Gasteiger partial charge in [0.15, 0.2) is 0 Å². The molecular weight excluding hydrogens is 370 g/mol. The van der Waals surface area contributed by atoms with Crippen molar-refractivity contribution >= 4 is 39.1 Å². The molecule has 0 aliphatic rings. The van der Waals surface area contributed by atoms with Gasteiger partial charge in [0.25, 0.3) is 0 Å². The summed E-state index contributed by atoms with van der Waals surface area (Å²) in [7, 11) is 1.73. The fourth-order valence-electron chi connectivity index (χ4n) is 2.14. The summed E-state index contributed by atoms with van der Waals surface area (Å²) in [5.41, 5.74) is 2.59. The zero-order valence-electron chi connectivity index (χ0n) is 13.7. The van der Waals surface area contributed by atoms with Crippen LogP contribution >= 0.6 is 15.9 Å². The molecule has 0 aromatic heterocycles. The Balaban J connectivity index is 1.80. The number of rotatable bonds is 6. The molecule has 126 valence electrons. The lowest BCUT2D eigenvalue weighted by molar-refractivity contribution is -0.119. The summed E-state index contributed by atoms with van der Waals surface area (Å²) in [5.74, 6) is -0.331. The van der Waals surface area contributed by atoms with Gasteiger partial charge in [-0.05, 0) is 54.2 Å². The van der Waals surface area contributed by atoms with Crippen molar-refractivity contribution in [2.75, 3.05) is 30.8 Å². The molecule has 0 bridgehead atoms. The molecule has 0 aliphatic carbocycles. The number of carbonyl (C=O) groups excluding carboxylic acids is 2. The second-order valence-electron chi connectivity index (χ2n) is 5.61. The van der Waals surface area contributed by atoms with Crippen molar-refractivity contribution in [3.8, 4) is 0 Å². The van der Waals surface area contributed by atoms with Gasteiger partial charge in [0, 0.05) is 10.2 Å². The van der Waals surface area contributed by atoms with Crippen LogP contribution in [-0.2, 0) is 9.59 Å². The minimum absolute atomic E-state index is 0.128. The molecule has 0 heterocycles. The maximum absolute atomic E-state index is 12.0. The number of likely N-dealkylation sites (N-methyl/N-ethyl adjacent to an activating group) is 1. The number of para-hydroxylation sites is 1. The number of amides is 2. The maximum Gasteiger partial charge on any atom is 0.238 e. The fourth-order valence-corrected chi connectivity index (χ4v) is 2.52. The van der Waals surface area contributed by atoms with Gasteiger partial charge in [-0.25, -0.2) is 0 Å². The van der Waals surface area contributed by atoms with Crippen LogP contribution < -0.4 is 10.6 Å². The molecule has 2 N–H and O–H groups in total. The lowest BCUT2D eigenvalue weighted by Crippen LogP contribution is -2.36. The average Bonchev–Trinajstić information content (AvgIpc) is 2.51. The second-order valence-corrected chi connectivity index (χ2v) is 6.47. The van der Waals surface area contributed by atoms with Gasteiger partial charge < -0.3 is 10.6 Å². The minimum Gasteiger partial charge on any atom is -0.325 e. The number of carbonyl (C=O) groups is 2. The number of aryl methyl sites for hydroxylation is 1. The van der Waals surface area contributed by atoms with Crippen LogP contribution in [0.15, 0.2) is 53.0 Å². The number of nitrogens with zero attached hydrogens (tertiary/aromatic N) is 1. The summed E-state index contributed by atoms with van der Waals surface area (Å²) < 4.78 is 0.818. The van der Waals surface area contributed by atoms with E-state index in [1.807, 2.05) is 55.5 Å². The van der Waals surface area contributed by atoms with Crippen LogP contribution in [-0.4, -0.2) is 36.9 Å². The molecule has 24 heavy (non-hydrogen) atoms. The molecule has 0 saturated heterocycles. The van der Waals surface area contributed by atoms with E-state index in [1.54, 1.807) is 11.9 Å². The van der Waals surface area contributed by atoms with Crippen molar-refractivity contribution in [1.82, 2.24) is 4.90 Å². The van der Waals surface area contributed by atoms with E-state index < -0.39 is 0 Å². The zero-order valence-corrected chi connectivity index (χ0v) is 15.3. The summed E-state index contributed by atoms with van der Waals surface area (Å²) in [5, 5.41) is 5.62. The normalized spacial score (nSPS) is 10.5. The third-order valence-corrected chi connectivity index (χ3v) is 4.00. The number of nitrogens with one attached hydrogen (secondary N) is 2. The molecule has 0 unspecified atom stereocenters. The maximum atomic E-state index is 12.0. The van der Waals surface area contributed by atoms with Crippen LogP contribution in [0.3, 0.4) is 0 Å². The fraction of sp³-hybridized carbons (Fsp3) is 0.222. The molecule has 6 heteroatoms. The lowest BCUT2D eigenvalue weighted by atomic mass is 10.2. The number of halogens is 1. The third kappa shape index (κ3) is 5.79. The van der Waals surface area contributed by atoms with Gasteiger partial charge in [-0.3, -0.25) is 14.5 Å². The monoisotopic (exact) mass is 389 g/mol. The Morgan fingerprint density at radius 3 is 2.17 bits per heavy atom. The van der Waals surface area contributed by atoms with E-state index in [1.165, 1.54) is 0 Å². The molecule has 0 fully saturated rings. The van der Waals surface area contributed by atoms with E-state index in [9.17, 15) is 9.59 Å². The van der Waals surface area contributed by atoms with Crippen molar-refractivity contribution in [2.45, 2.75) is 6.92 Å². The second kappa shape index (κ2) is 8.61. The summed E-state index contributed by atoms with van der Waals surface area (Å²) in [6.07, 6.45) is 0. The van der Waals surface area contributed by atoms with E-state index in [-0.39, 0.29) is 24.9 Å². The number of hydrogen-bond donors (Lipinski definition) is 2. The highest BCUT2D eigenvalue weighted by atomic mass is 79.9. The number of hydrogen-bond acceptors (Lipinski definition) is 3. The quantitative estimate of drug-likeness (QED) is 0.796. The van der Waals surface area contributed by atoms with Crippen molar-refractivity contribution in [1.29, 1.82) is 0 Å². The molecule has 0 aliphatic heterocycles. The Hall–Kier alpha value is -2.18. The summed E-state index contributed by atoms with van der Waals surface area (Å²) in [4.78, 5) is 25.7. The zero-order chi connectivity index (χ0) is 17.5. The Morgan fingerprint density at radius 1 is 0.958 bits per heavy atom. The molecule has 2 aromatic rings. The standard InChI is InChI=1S/C18H20BrN3O2/c1-13-7-9-14(10-8-13)20-17(23)11-22(2)12-18(24)21-16-6-4-3-5-15(16)19/h3-10H,11-12H2,1-2H3,(H,20,23)(H,21,24). The van der Waals surface area contributed by atoms with Crippen molar-refractivity contribution < 1.29 is 9.59 Å². The van der Waals surface area contributed by atoms with Gasteiger partial charge in [0.2, 0.25) is 11.8 Å². The molecule has 2 rings (SSSR count). The molecule has 0 atom stereocenters. The van der Waals surface area contributed by atoms with Crippen LogP contribution in [0.5, 0.6) is 0 Å². The van der Waals surface area contributed by atoms with Gasteiger partial charge >= 0.3 is 0 Å². The highest BCUT2D eigenvalue weighted by Crippen LogP contribution is 2.20. The highest BCUT2D eigenvalue weighted by molar-refractivity contribution is 9.10. The van der Waals surface area contributed by atoms with Gasteiger partial charge in [-0.1, -0.05) is 29.8 Å². The Bertz CT molecular complexity index is 716. The minimum atomic E-state index is -0.174. The van der Waals surface area contributed by atoms with Crippen molar-refractivity contribution in [3.63, 3.8) is 0 Å². The Kier molecular flexibility index (Phi) is 6.52. The van der Waals surface area contributed by atoms with Crippen molar-refractivity contribution in [2.24, 2.45) is 0 Å². The van der Waals surface area contributed by atoms with Crippen LogP contribution in [0.1, 0.15) is 5.56 Å². The molecule has 0 saturated carbocycles. The first kappa shape index (κ1) is 18.2. The van der Waals surface area contributed by atoms with Gasteiger partial charge in [0.1, 0.15) is 0 Å². The summed E-state index contributed by atoms with van der Waals surface area (Å²) >= 11 is 3.38. The molecule has 2 aromatic carbocycles. The van der Waals surface area contributed by atoms with Crippen LogP contribution in [0, 0.1) is 6.92 Å². The molecule has 5 nitrogen and oxygen atoms in total. The van der Waals surface area contributed by atoms with Gasteiger partial charge in [0.05, 0.1) is 18.8 Å². The van der Waals surface area contributed by atoms with E-state index in [2.05, 4.69) is 26.6 Å². The molecule has 0 radical (unpaired) electrons. The number of benzene rings is 2. The summed E-state index contributed by atoms with van der Waals surface area (Å²) in [6, 6.07) is 15.0. The Morgan fingerprint density at radius 2 is 1.54 bits per heavy atom. The average molecular weight is 390 g/mol. The van der Waals surface area contributed by atoms with Crippen LogP contribution in [0.4, 0.5) is 11.4 Å². The number of anilines is 2. The van der Waals surface area contributed by atoms with E-state index in [0.29, 0.717) is 5.69 Å². The van der Waals surface area contributed by atoms with Crippen molar-refractivity contribution in [3.05, 3.63) is 58.6 Å². The van der Waals surface area contributed by atoms with E-state index in [0.717, 1.165) is 15.7 Å². The first-order chi connectivity index (χ1) is 11.4.